The van der Waals surface area contributed by atoms with Gasteiger partial charge in [-0.1, -0.05) is 23.8 Å². The molecule has 0 aliphatic carbocycles. The summed E-state index contributed by atoms with van der Waals surface area (Å²) in [6.07, 6.45) is 6.76. The van der Waals surface area contributed by atoms with Crippen LogP contribution in [0.15, 0.2) is 23.8 Å². The van der Waals surface area contributed by atoms with Crippen LogP contribution in [0.3, 0.4) is 0 Å². The second-order valence-corrected chi connectivity index (χ2v) is 1.84. The van der Waals surface area contributed by atoms with Crippen LogP contribution in [0.2, 0.25) is 0 Å². The van der Waals surface area contributed by atoms with E-state index in [4.69, 9.17) is 5.11 Å². The number of hydrogen-bond donors (Lipinski definition) is 1. The second kappa shape index (κ2) is 5.57. The Morgan fingerprint density at radius 1 is 1.44 bits per heavy atom. The van der Waals surface area contributed by atoms with Crippen molar-refractivity contribution < 1.29 is 5.11 Å². The highest BCUT2D eigenvalue weighted by atomic mass is 16.2. The summed E-state index contributed by atoms with van der Waals surface area (Å²) in [7, 11) is 0. The van der Waals surface area contributed by atoms with Crippen molar-refractivity contribution in [1.29, 1.82) is 0 Å². The largest absolute Gasteiger partial charge is 0.396 e. The molecule has 0 aliphatic heterocycles. The number of hydrogen-bond acceptors (Lipinski definition) is 1. The normalized spacial score (nSPS) is 13.0. The van der Waals surface area contributed by atoms with Gasteiger partial charge in [-0.25, -0.2) is 0 Å². The van der Waals surface area contributed by atoms with Gasteiger partial charge in [0.25, 0.3) is 0 Å². The Labute approximate surface area is 56.7 Å². The van der Waals surface area contributed by atoms with Crippen molar-refractivity contribution >= 4 is 0 Å². The molecule has 0 unspecified atom stereocenters. The molecule has 0 amide bonds. The molecule has 0 bridgehead atoms. The average Bonchev–Trinajstić information content (AvgIpc) is 1.88. The number of aliphatic hydroxyl groups is 1. The van der Waals surface area contributed by atoms with Gasteiger partial charge in [-0.15, -0.1) is 0 Å². The van der Waals surface area contributed by atoms with Crippen molar-refractivity contribution in [3.63, 3.8) is 0 Å². The number of rotatable bonds is 3. The van der Waals surface area contributed by atoms with Crippen molar-refractivity contribution in [3.05, 3.63) is 23.8 Å². The predicted octanol–water partition coefficient (Wildman–Crippen LogP) is 1.89. The average molecular weight is 126 g/mol. The Morgan fingerprint density at radius 3 is 2.44 bits per heavy atom. The van der Waals surface area contributed by atoms with Crippen LogP contribution in [-0.4, -0.2) is 11.7 Å². The molecule has 0 atom stereocenters. The summed E-state index contributed by atoms with van der Waals surface area (Å²) in [6, 6.07) is 0. The van der Waals surface area contributed by atoms with Gasteiger partial charge < -0.3 is 5.11 Å². The van der Waals surface area contributed by atoms with E-state index in [9.17, 15) is 0 Å². The van der Waals surface area contributed by atoms with Gasteiger partial charge in [0.2, 0.25) is 0 Å². The van der Waals surface area contributed by atoms with E-state index in [1.165, 1.54) is 5.57 Å². The third-order valence-electron chi connectivity index (χ3n) is 1.15. The van der Waals surface area contributed by atoms with Crippen LogP contribution in [0.4, 0.5) is 0 Å². The van der Waals surface area contributed by atoms with Crippen molar-refractivity contribution in [1.82, 2.24) is 0 Å². The van der Waals surface area contributed by atoms with E-state index in [0.29, 0.717) is 0 Å². The Morgan fingerprint density at radius 2 is 2.11 bits per heavy atom. The SMILES string of the molecule is C/C=C/C(=C/C)CCO. The molecule has 9 heavy (non-hydrogen) atoms. The minimum atomic E-state index is 0.240. The quantitative estimate of drug-likeness (QED) is 0.572. The summed E-state index contributed by atoms with van der Waals surface area (Å²) in [5.41, 5.74) is 1.19. The number of aliphatic hydroxyl groups excluding tert-OH is 1. The van der Waals surface area contributed by atoms with E-state index >= 15 is 0 Å². The fraction of sp³-hybridized carbons (Fsp3) is 0.500. The van der Waals surface area contributed by atoms with Gasteiger partial charge in [0, 0.05) is 6.61 Å². The van der Waals surface area contributed by atoms with E-state index in [2.05, 4.69) is 0 Å². The smallest absolute Gasteiger partial charge is 0.0471 e. The Kier molecular flexibility index (Phi) is 5.23. The highest BCUT2D eigenvalue weighted by molar-refractivity contribution is 5.16. The molecule has 0 heterocycles. The van der Waals surface area contributed by atoms with E-state index in [0.717, 1.165) is 6.42 Å². The van der Waals surface area contributed by atoms with Crippen molar-refractivity contribution in [2.75, 3.05) is 6.61 Å². The molecule has 0 aromatic carbocycles. The standard InChI is InChI=1S/C8H14O/c1-3-5-8(4-2)6-7-9/h3-5,9H,6-7H2,1-2H3/b5-3+,8-4-. The summed E-state index contributed by atoms with van der Waals surface area (Å²) < 4.78 is 0. The molecule has 0 spiro atoms. The molecular formula is C8H14O. The van der Waals surface area contributed by atoms with Crippen LogP contribution >= 0.6 is 0 Å². The van der Waals surface area contributed by atoms with E-state index < -0.39 is 0 Å². The zero-order valence-electron chi connectivity index (χ0n) is 6.09. The maximum Gasteiger partial charge on any atom is 0.0471 e. The van der Waals surface area contributed by atoms with Gasteiger partial charge in [-0.3, -0.25) is 0 Å². The minimum Gasteiger partial charge on any atom is -0.396 e. The fourth-order valence-corrected chi connectivity index (χ4v) is 0.667. The molecular weight excluding hydrogens is 112 g/mol. The lowest BCUT2D eigenvalue weighted by molar-refractivity contribution is 0.300. The summed E-state index contributed by atoms with van der Waals surface area (Å²) in [5.74, 6) is 0. The molecule has 1 N–H and O–H groups in total. The molecule has 0 aromatic heterocycles. The minimum absolute atomic E-state index is 0.240. The lowest BCUT2D eigenvalue weighted by Gasteiger charge is -1.94. The molecule has 0 fully saturated rings. The van der Waals surface area contributed by atoms with Crippen molar-refractivity contribution in [2.45, 2.75) is 20.3 Å². The van der Waals surface area contributed by atoms with Crippen LogP contribution in [0.5, 0.6) is 0 Å². The first kappa shape index (κ1) is 8.44. The topological polar surface area (TPSA) is 20.2 Å². The molecule has 0 aliphatic rings. The highest BCUT2D eigenvalue weighted by Gasteiger charge is 1.85. The summed E-state index contributed by atoms with van der Waals surface area (Å²) >= 11 is 0. The van der Waals surface area contributed by atoms with Crippen LogP contribution in [0.1, 0.15) is 20.3 Å². The van der Waals surface area contributed by atoms with Gasteiger partial charge in [-0.2, -0.15) is 0 Å². The third-order valence-corrected chi connectivity index (χ3v) is 1.15. The molecule has 1 nitrogen and oxygen atoms in total. The molecule has 0 aromatic rings. The maximum absolute atomic E-state index is 8.52. The van der Waals surface area contributed by atoms with Gasteiger partial charge in [0.1, 0.15) is 0 Å². The Bertz CT molecular complexity index is 112. The zero-order chi connectivity index (χ0) is 7.11. The van der Waals surface area contributed by atoms with E-state index in [1.54, 1.807) is 0 Å². The molecule has 0 rings (SSSR count). The van der Waals surface area contributed by atoms with Crippen LogP contribution in [0, 0.1) is 0 Å². The fourth-order valence-electron chi connectivity index (χ4n) is 0.667. The monoisotopic (exact) mass is 126 g/mol. The summed E-state index contributed by atoms with van der Waals surface area (Å²) in [4.78, 5) is 0. The Balaban J connectivity index is 3.70. The van der Waals surface area contributed by atoms with Crippen LogP contribution < -0.4 is 0 Å². The van der Waals surface area contributed by atoms with Gasteiger partial charge in [-0.05, 0) is 20.3 Å². The van der Waals surface area contributed by atoms with Crippen molar-refractivity contribution in [2.24, 2.45) is 0 Å². The van der Waals surface area contributed by atoms with Gasteiger partial charge in [0.15, 0.2) is 0 Å². The van der Waals surface area contributed by atoms with E-state index in [-0.39, 0.29) is 6.61 Å². The first-order valence-corrected chi connectivity index (χ1v) is 3.24. The Hall–Kier alpha value is -0.560. The zero-order valence-corrected chi connectivity index (χ0v) is 6.09. The van der Waals surface area contributed by atoms with Gasteiger partial charge in [0.05, 0.1) is 0 Å². The molecule has 0 radical (unpaired) electrons. The van der Waals surface area contributed by atoms with Crippen LogP contribution in [0.25, 0.3) is 0 Å². The summed E-state index contributed by atoms with van der Waals surface area (Å²) in [5, 5.41) is 8.52. The summed E-state index contributed by atoms with van der Waals surface area (Å²) in [6.45, 7) is 4.19. The van der Waals surface area contributed by atoms with Crippen molar-refractivity contribution in [3.8, 4) is 0 Å². The molecule has 1 heteroatoms. The lowest BCUT2D eigenvalue weighted by Crippen LogP contribution is -1.83. The third kappa shape index (κ3) is 3.98. The molecule has 0 saturated carbocycles. The van der Waals surface area contributed by atoms with Gasteiger partial charge >= 0.3 is 0 Å². The molecule has 0 saturated heterocycles. The maximum atomic E-state index is 8.52. The van der Waals surface area contributed by atoms with E-state index in [1.807, 2.05) is 32.1 Å². The lowest BCUT2D eigenvalue weighted by atomic mass is 10.2. The number of allylic oxidation sites excluding steroid dienone is 3. The predicted molar refractivity (Wildman–Crippen MR) is 40.3 cm³/mol. The first-order valence-electron chi connectivity index (χ1n) is 3.24. The molecule has 52 valence electrons. The second-order valence-electron chi connectivity index (χ2n) is 1.84. The first-order chi connectivity index (χ1) is 4.35. The van der Waals surface area contributed by atoms with Crippen LogP contribution in [-0.2, 0) is 0 Å². The highest BCUT2D eigenvalue weighted by Crippen LogP contribution is 2.00.